The third kappa shape index (κ3) is 4.70. The van der Waals surface area contributed by atoms with Crippen LogP contribution in [0.15, 0.2) is 130 Å². The highest BCUT2D eigenvalue weighted by molar-refractivity contribution is 8.32. The molecule has 0 unspecified atom stereocenters. The van der Waals surface area contributed by atoms with E-state index in [4.69, 9.17) is 0 Å². The number of alkyl halides is 9. The fourth-order valence-electron chi connectivity index (χ4n) is 4.74. The normalized spacial score (nSPS) is 14.2. The van der Waals surface area contributed by atoms with Crippen molar-refractivity contribution in [1.29, 1.82) is 0 Å². The van der Waals surface area contributed by atoms with Gasteiger partial charge in [0, 0.05) is 10.8 Å². The zero-order chi connectivity index (χ0) is 32.2. The summed E-state index contributed by atoms with van der Waals surface area (Å²) in [6.45, 7) is 0. The van der Waals surface area contributed by atoms with Crippen molar-refractivity contribution in [3.63, 3.8) is 0 Å². The highest BCUT2D eigenvalue weighted by atomic mass is 32.3. The lowest BCUT2D eigenvalue weighted by Crippen LogP contribution is -2.63. The maximum absolute atomic E-state index is 15.3. The average molecular weight is 664 g/mol. The summed E-state index contributed by atoms with van der Waals surface area (Å²) in [4.78, 5) is -0.232. The van der Waals surface area contributed by atoms with Gasteiger partial charge < -0.3 is 0 Å². The van der Waals surface area contributed by atoms with Gasteiger partial charge in [0.2, 0.25) is 0 Å². The van der Waals surface area contributed by atoms with Crippen LogP contribution in [0.5, 0.6) is 0 Å². The number of rotatable bonds is 8. The van der Waals surface area contributed by atoms with Crippen LogP contribution >= 0.6 is 10.3 Å². The fourth-order valence-corrected chi connectivity index (χ4v) is 10.6. The largest absolute Gasteiger partial charge is 0.486 e. The second-order valence-electron chi connectivity index (χ2n) is 9.56. The molecule has 0 spiro atoms. The second kappa shape index (κ2) is 10.7. The van der Waals surface area contributed by atoms with E-state index in [9.17, 15) is 39.2 Å². The molecule has 0 aromatic heterocycles. The molecule has 0 atom stereocenters. The van der Waals surface area contributed by atoms with Crippen molar-refractivity contribution >= 4 is 42.0 Å². The quantitative estimate of drug-likeness (QED) is 0.0943. The van der Waals surface area contributed by atoms with E-state index in [1.807, 2.05) is 0 Å². The Balaban J connectivity index is 1.92. The molecule has 0 aliphatic rings. The molecule has 232 valence electrons. The molecule has 44 heavy (non-hydrogen) atoms. The van der Waals surface area contributed by atoms with Crippen molar-refractivity contribution in [2.24, 2.45) is 0 Å². The summed E-state index contributed by atoms with van der Waals surface area (Å²) >= 11 is 0. The highest BCUT2D eigenvalue weighted by Gasteiger charge is 2.88. The molecule has 0 fully saturated rings. The Kier molecular flexibility index (Phi) is 7.70. The molecule has 0 amide bonds. The van der Waals surface area contributed by atoms with Crippen LogP contribution in [0.25, 0.3) is 21.5 Å². The summed E-state index contributed by atoms with van der Waals surface area (Å²) < 4.78 is 157. The molecule has 5 aromatic rings. The molecule has 0 heterocycles. The minimum atomic E-state index is -7.44. The van der Waals surface area contributed by atoms with Gasteiger partial charge in [-0.1, -0.05) is 91.0 Å². The standard InChI is InChI=1S/C30H19F9O3S2/c31-27(32,29(35,36)37)28(33,34)30(38,39)44(40,41)42-43(22-14-2-1-3-15-22,25-18-8-12-20-10-4-6-16-23(20)25)26-19-9-13-21-11-5-7-17-24(21)26/h1-19H/p+1. The first-order chi connectivity index (χ1) is 20.5. The molecule has 0 bridgehead atoms. The number of halogens is 9. The smallest absolute Gasteiger partial charge is 0.257 e. The Morgan fingerprint density at radius 1 is 0.477 bits per heavy atom. The van der Waals surface area contributed by atoms with Gasteiger partial charge in [-0.3, -0.25) is 3.63 Å². The number of fused-ring (bicyclic) bond motifs is 2. The number of hydrogen-bond acceptors (Lipinski definition) is 2. The topological polar surface area (TPSA) is 46.9 Å². The van der Waals surface area contributed by atoms with Crippen molar-refractivity contribution in [3.8, 4) is 0 Å². The van der Waals surface area contributed by atoms with Gasteiger partial charge in [-0.15, -0.1) is 8.42 Å². The molecule has 0 saturated carbocycles. The third-order valence-electron chi connectivity index (χ3n) is 6.87. The molecule has 0 aliphatic carbocycles. The van der Waals surface area contributed by atoms with Crippen molar-refractivity contribution in [2.45, 2.75) is 38.0 Å². The summed E-state index contributed by atoms with van der Waals surface area (Å²) in [6, 6.07) is 28.0. The SMILES string of the molecule is O=S(=O)([OH+]S(c1ccccc1)(c1cccc2ccccc12)c1cccc2ccccc12)C(F)(F)C(F)(F)C(F)(F)C(F)(F)F. The summed E-state index contributed by atoms with van der Waals surface area (Å²) in [5, 5.41) is -5.62. The first-order valence-electron chi connectivity index (χ1n) is 12.5. The van der Waals surface area contributed by atoms with Gasteiger partial charge in [0.05, 0.1) is 25.0 Å². The van der Waals surface area contributed by atoms with Gasteiger partial charge >= 0.3 is 33.4 Å². The zero-order valence-corrected chi connectivity index (χ0v) is 23.6. The van der Waals surface area contributed by atoms with Gasteiger partial charge in [0.15, 0.2) is 0 Å². The molecule has 0 radical (unpaired) electrons. The van der Waals surface area contributed by atoms with Crippen LogP contribution in [0.1, 0.15) is 0 Å². The van der Waals surface area contributed by atoms with E-state index >= 15 is 8.78 Å². The van der Waals surface area contributed by atoms with Gasteiger partial charge in [-0.05, 0) is 35.0 Å². The summed E-state index contributed by atoms with van der Waals surface area (Å²) in [7, 11) is -11.3. The first kappa shape index (κ1) is 31.7. The van der Waals surface area contributed by atoms with Crippen molar-refractivity contribution in [3.05, 3.63) is 115 Å². The third-order valence-corrected chi connectivity index (χ3v) is 12.4. The highest BCUT2D eigenvalue weighted by Crippen LogP contribution is 2.72. The van der Waals surface area contributed by atoms with E-state index in [1.165, 1.54) is 78.9 Å². The minimum absolute atomic E-state index is 0.0663. The van der Waals surface area contributed by atoms with Gasteiger partial charge in [0.25, 0.3) is 0 Å². The number of benzene rings is 5. The fraction of sp³-hybridized carbons (Fsp3) is 0.133. The summed E-state index contributed by atoms with van der Waals surface area (Å²) in [5.41, 5.74) is 0. The van der Waals surface area contributed by atoms with Gasteiger partial charge in [0.1, 0.15) is 0 Å². The van der Waals surface area contributed by atoms with Crippen LogP contribution in [0.4, 0.5) is 39.5 Å². The zero-order valence-electron chi connectivity index (χ0n) is 22.0. The molecular weight excluding hydrogens is 643 g/mol. The monoisotopic (exact) mass is 663 g/mol. The van der Waals surface area contributed by atoms with Gasteiger partial charge in [-0.25, -0.2) is 0 Å². The Bertz CT molecular complexity index is 1850. The van der Waals surface area contributed by atoms with E-state index in [2.05, 4.69) is 3.63 Å². The molecule has 14 heteroatoms. The maximum atomic E-state index is 15.3. The van der Waals surface area contributed by atoms with Crippen LogP contribution in [-0.2, 0) is 10.1 Å². The Morgan fingerprint density at radius 3 is 1.34 bits per heavy atom. The van der Waals surface area contributed by atoms with E-state index in [0.717, 1.165) is 0 Å². The lowest BCUT2D eigenvalue weighted by molar-refractivity contribution is -0.382. The average Bonchev–Trinajstić information content (AvgIpc) is 2.99. The summed E-state index contributed by atoms with van der Waals surface area (Å²) in [6.07, 6.45) is -7.22. The predicted molar refractivity (Wildman–Crippen MR) is 149 cm³/mol. The van der Waals surface area contributed by atoms with Crippen LogP contribution in [0.3, 0.4) is 0 Å². The van der Waals surface area contributed by atoms with E-state index < -0.39 is 43.7 Å². The van der Waals surface area contributed by atoms with E-state index in [-0.39, 0.29) is 25.5 Å². The van der Waals surface area contributed by atoms with Crippen LogP contribution in [0, 0.1) is 0 Å². The lowest BCUT2D eigenvalue weighted by Gasteiger charge is -2.38. The molecule has 5 rings (SSSR count). The van der Waals surface area contributed by atoms with E-state index in [0.29, 0.717) is 10.8 Å². The molecule has 0 aliphatic heterocycles. The number of hydrogen-bond donors (Lipinski definition) is 0. The predicted octanol–water partition coefficient (Wildman–Crippen LogP) is 10.0. The van der Waals surface area contributed by atoms with Crippen molar-refractivity contribution in [2.75, 3.05) is 0 Å². The van der Waals surface area contributed by atoms with Crippen LogP contribution in [-0.4, -0.2) is 35.3 Å². The van der Waals surface area contributed by atoms with Crippen molar-refractivity contribution < 1.29 is 51.6 Å². The maximum Gasteiger partial charge on any atom is 0.486 e. The van der Waals surface area contributed by atoms with E-state index in [1.54, 1.807) is 36.4 Å². The van der Waals surface area contributed by atoms with Crippen molar-refractivity contribution in [1.82, 2.24) is 0 Å². The van der Waals surface area contributed by atoms with Crippen LogP contribution < -0.4 is 0 Å². The Labute approximate surface area is 246 Å². The van der Waals surface area contributed by atoms with Crippen LogP contribution in [0.2, 0.25) is 0 Å². The molecule has 0 saturated heterocycles. The first-order valence-corrected chi connectivity index (χ1v) is 15.5. The second-order valence-corrected chi connectivity index (χ2v) is 14.1. The molecular formula is C30H20F9O3S2+. The Morgan fingerprint density at radius 2 is 0.886 bits per heavy atom. The minimum Gasteiger partial charge on any atom is -0.257 e. The lowest BCUT2D eigenvalue weighted by atomic mass is 10.1. The molecule has 3 nitrogen and oxygen atoms in total. The molecule has 1 N–H and O–H groups in total. The molecule has 5 aromatic carbocycles. The summed E-state index contributed by atoms with van der Waals surface area (Å²) in [5.74, 6) is -14.9. The Hall–Kier alpha value is -3.75. The van der Waals surface area contributed by atoms with Gasteiger partial charge in [-0.2, -0.15) is 39.5 Å².